The molecule has 12 heteroatoms. The van der Waals surface area contributed by atoms with Gasteiger partial charge in [-0.25, -0.2) is 9.36 Å². The van der Waals surface area contributed by atoms with E-state index in [0.29, 0.717) is 23.1 Å². The van der Waals surface area contributed by atoms with Crippen molar-refractivity contribution in [3.05, 3.63) is 101 Å². The predicted molar refractivity (Wildman–Crippen MR) is 223 cm³/mol. The number of ether oxygens (including phenoxy) is 1. The molecule has 2 heterocycles. The van der Waals surface area contributed by atoms with Crippen molar-refractivity contribution in [2.75, 3.05) is 17.7 Å². The molecule has 57 heavy (non-hydrogen) atoms. The number of imidazole rings is 1. The van der Waals surface area contributed by atoms with E-state index in [4.69, 9.17) is 9.26 Å². The van der Waals surface area contributed by atoms with E-state index < -0.39 is 29.3 Å². The molecule has 5 aromatic rings. The Labute approximate surface area is 334 Å². The molecule has 0 saturated heterocycles. The van der Waals surface area contributed by atoms with Crippen molar-refractivity contribution < 1.29 is 28.8 Å². The summed E-state index contributed by atoms with van der Waals surface area (Å²) in [5.41, 5.74) is 0.675. The molecular weight excluding hydrogens is 723 g/mol. The van der Waals surface area contributed by atoms with Crippen molar-refractivity contribution >= 4 is 39.9 Å². The van der Waals surface area contributed by atoms with Crippen LogP contribution in [-0.2, 0) is 16.1 Å². The summed E-state index contributed by atoms with van der Waals surface area (Å²) in [5, 5.41) is 21.0. The molecular formula is C45H57N5O7. The quantitative estimate of drug-likeness (QED) is 0.0300. The van der Waals surface area contributed by atoms with E-state index in [1.807, 2.05) is 30.3 Å². The van der Waals surface area contributed by atoms with Gasteiger partial charge < -0.3 is 25.0 Å². The monoisotopic (exact) mass is 779 g/mol. The summed E-state index contributed by atoms with van der Waals surface area (Å²) < 4.78 is 12.8. The van der Waals surface area contributed by atoms with Gasteiger partial charge in [0.05, 0.1) is 30.9 Å². The van der Waals surface area contributed by atoms with Gasteiger partial charge in [-0.15, -0.1) is 0 Å². The molecule has 304 valence electrons. The molecule has 0 aliphatic heterocycles. The lowest BCUT2D eigenvalue weighted by Crippen LogP contribution is -2.39. The number of carbonyl (C=O) groups is 3. The molecule has 1 atom stereocenters. The Hall–Kier alpha value is -5.65. The van der Waals surface area contributed by atoms with E-state index in [2.05, 4.69) is 22.7 Å². The van der Waals surface area contributed by atoms with Crippen LogP contribution in [0.5, 0.6) is 11.6 Å². The average Bonchev–Trinajstić information content (AvgIpc) is 3.76. The number of Topliss-reactive ketones (excluding diaryl/α,β-unsaturated/α-hetero) is 1. The third-order valence-electron chi connectivity index (χ3n) is 10.3. The summed E-state index contributed by atoms with van der Waals surface area (Å²) in [6.45, 7) is 2.34. The lowest BCUT2D eigenvalue weighted by molar-refractivity contribution is -0.118. The fourth-order valence-corrected chi connectivity index (χ4v) is 7.14. The standard InChI is InChI=1S/C45H57N5O7/c1-3-4-5-6-7-8-9-10-11-12-13-14-15-16-20-27-39(51)46-34-28-29-38(56-2)36(30-34)47-44(54)42(43(53)41-35-25-21-22-26-37(35)57-48-41)50-40(52)32-49(45(50)55)31-33-23-18-17-19-24-33/h17-19,21-26,28-30,32,42,52H,3-16,20,27,31H2,1-2H3,(H,46,51)(H,47,54). The molecule has 0 radical (unpaired) electrons. The molecule has 3 N–H and O–H groups in total. The van der Waals surface area contributed by atoms with Crippen molar-refractivity contribution in [1.82, 2.24) is 14.3 Å². The van der Waals surface area contributed by atoms with E-state index >= 15 is 0 Å². The number of fused-ring (bicyclic) bond motifs is 1. The Balaban J connectivity index is 1.19. The second-order valence-electron chi connectivity index (χ2n) is 14.7. The van der Waals surface area contributed by atoms with Crippen LogP contribution in [0.1, 0.15) is 132 Å². The third-order valence-corrected chi connectivity index (χ3v) is 10.3. The van der Waals surface area contributed by atoms with Crippen LogP contribution in [0, 0.1) is 0 Å². The van der Waals surface area contributed by atoms with Crippen LogP contribution in [0.2, 0.25) is 0 Å². The van der Waals surface area contributed by atoms with Gasteiger partial charge in [-0.2, -0.15) is 0 Å². The lowest BCUT2D eigenvalue weighted by Gasteiger charge is -2.18. The van der Waals surface area contributed by atoms with E-state index in [1.165, 1.54) is 101 Å². The molecule has 0 aliphatic carbocycles. The van der Waals surface area contributed by atoms with E-state index in [0.717, 1.165) is 29.4 Å². The van der Waals surface area contributed by atoms with Crippen LogP contribution in [0.15, 0.2) is 88.3 Å². The molecule has 0 saturated carbocycles. The van der Waals surface area contributed by atoms with Crippen molar-refractivity contribution in [3.8, 4) is 11.6 Å². The van der Waals surface area contributed by atoms with Gasteiger partial charge in [-0.3, -0.25) is 19.0 Å². The Morgan fingerprint density at radius 1 is 0.789 bits per heavy atom. The summed E-state index contributed by atoms with van der Waals surface area (Å²) in [5.74, 6) is -2.32. The van der Waals surface area contributed by atoms with Gasteiger partial charge in [0, 0.05) is 12.1 Å². The van der Waals surface area contributed by atoms with Crippen molar-refractivity contribution in [2.45, 2.75) is 122 Å². The summed E-state index contributed by atoms with van der Waals surface area (Å²) in [6.07, 6.45) is 20.2. The lowest BCUT2D eigenvalue weighted by atomic mass is 10.0. The summed E-state index contributed by atoms with van der Waals surface area (Å²) >= 11 is 0. The number of aromatic nitrogens is 3. The second kappa shape index (κ2) is 22.2. The fourth-order valence-electron chi connectivity index (χ4n) is 7.14. The molecule has 2 aromatic heterocycles. The zero-order valence-electron chi connectivity index (χ0n) is 33.3. The minimum Gasteiger partial charge on any atom is -0.495 e. The van der Waals surface area contributed by atoms with Crippen LogP contribution >= 0.6 is 0 Å². The largest absolute Gasteiger partial charge is 0.495 e. The first-order valence-electron chi connectivity index (χ1n) is 20.5. The molecule has 3 aromatic carbocycles. The van der Waals surface area contributed by atoms with Gasteiger partial charge in [0.1, 0.15) is 5.75 Å². The number of nitrogens with zero attached hydrogens (tertiary/aromatic N) is 3. The number of carbonyl (C=O) groups excluding carboxylic acids is 3. The summed E-state index contributed by atoms with van der Waals surface area (Å²) in [4.78, 5) is 55.1. The molecule has 12 nitrogen and oxygen atoms in total. The third kappa shape index (κ3) is 12.2. The molecule has 1 unspecified atom stereocenters. The van der Waals surface area contributed by atoms with Crippen molar-refractivity contribution in [3.63, 3.8) is 0 Å². The first-order valence-corrected chi connectivity index (χ1v) is 20.5. The normalized spacial score (nSPS) is 11.8. The number of methoxy groups -OCH3 is 1. The Morgan fingerprint density at radius 2 is 1.40 bits per heavy atom. The second-order valence-corrected chi connectivity index (χ2v) is 14.7. The smallest absolute Gasteiger partial charge is 0.332 e. The molecule has 0 bridgehead atoms. The van der Waals surface area contributed by atoms with E-state index in [1.54, 1.807) is 36.4 Å². The number of hydrogen-bond acceptors (Lipinski definition) is 8. The Bertz CT molecular complexity index is 2100. The number of rotatable bonds is 25. The maximum absolute atomic E-state index is 14.2. The van der Waals surface area contributed by atoms with Crippen LogP contribution in [-0.4, -0.2) is 44.1 Å². The van der Waals surface area contributed by atoms with Crippen molar-refractivity contribution in [1.29, 1.82) is 0 Å². The molecule has 0 aliphatic rings. The highest BCUT2D eigenvalue weighted by Gasteiger charge is 2.37. The Morgan fingerprint density at radius 3 is 2.05 bits per heavy atom. The minimum absolute atomic E-state index is 0.0879. The maximum atomic E-state index is 14.2. The molecule has 0 fully saturated rings. The predicted octanol–water partition coefficient (Wildman–Crippen LogP) is 9.82. The number of para-hydroxylation sites is 1. The highest BCUT2D eigenvalue weighted by Crippen LogP contribution is 2.31. The number of amides is 2. The molecule has 5 rings (SSSR count). The number of aromatic hydroxyl groups is 1. The van der Waals surface area contributed by atoms with Crippen LogP contribution in [0.25, 0.3) is 11.0 Å². The molecule has 2 amide bonds. The van der Waals surface area contributed by atoms with Gasteiger partial charge in [0.15, 0.2) is 17.3 Å². The summed E-state index contributed by atoms with van der Waals surface area (Å²) in [7, 11) is 1.42. The number of ketones is 1. The fraction of sp³-hybridized carbons (Fsp3) is 0.444. The topological polar surface area (TPSA) is 158 Å². The minimum atomic E-state index is -1.89. The van der Waals surface area contributed by atoms with Gasteiger partial charge in [-0.05, 0) is 42.3 Å². The highest BCUT2D eigenvalue weighted by atomic mass is 16.5. The number of nitrogens with one attached hydrogen (secondary N) is 2. The summed E-state index contributed by atoms with van der Waals surface area (Å²) in [6, 6.07) is 18.6. The molecule has 0 spiro atoms. The zero-order valence-corrected chi connectivity index (χ0v) is 33.3. The van der Waals surface area contributed by atoms with Gasteiger partial charge in [0.25, 0.3) is 5.91 Å². The number of hydrogen-bond donors (Lipinski definition) is 3. The SMILES string of the molecule is CCCCCCCCCCCCCCCCCC(=O)Nc1ccc(OC)c(NC(=O)C(C(=O)c2noc3ccccc23)n2c(O)cn(Cc3ccccc3)c2=O)c1. The number of anilines is 2. The van der Waals surface area contributed by atoms with Gasteiger partial charge >= 0.3 is 5.69 Å². The van der Waals surface area contributed by atoms with Crippen molar-refractivity contribution in [2.24, 2.45) is 0 Å². The number of unbranched alkanes of at least 4 members (excludes halogenated alkanes) is 14. The van der Waals surface area contributed by atoms with Gasteiger partial charge in [0.2, 0.25) is 17.6 Å². The van der Waals surface area contributed by atoms with Gasteiger partial charge in [-0.1, -0.05) is 144 Å². The average molecular weight is 780 g/mol. The maximum Gasteiger partial charge on any atom is 0.332 e. The Kier molecular flexibility index (Phi) is 16.5. The van der Waals surface area contributed by atoms with Crippen LogP contribution < -0.4 is 21.1 Å². The zero-order chi connectivity index (χ0) is 40.4. The number of benzene rings is 3. The van der Waals surface area contributed by atoms with E-state index in [9.17, 15) is 24.3 Å². The van der Waals surface area contributed by atoms with Crippen LogP contribution in [0.3, 0.4) is 0 Å². The highest BCUT2D eigenvalue weighted by molar-refractivity contribution is 6.18. The van der Waals surface area contributed by atoms with E-state index in [-0.39, 0.29) is 29.6 Å². The first kappa shape index (κ1) is 42.5. The first-order chi connectivity index (χ1) is 27.8. The van der Waals surface area contributed by atoms with Crippen LogP contribution in [0.4, 0.5) is 11.4 Å².